The van der Waals surface area contributed by atoms with Gasteiger partial charge >= 0.3 is 6.03 Å². The summed E-state index contributed by atoms with van der Waals surface area (Å²) in [6, 6.07) is 7.14. The van der Waals surface area contributed by atoms with Crippen molar-refractivity contribution in [2.75, 3.05) is 36.4 Å². The second-order valence-electron chi connectivity index (χ2n) is 9.16. The highest BCUT2D eigenvalue weighted by Gasteiger charge is 2.28. The van der Waals surface area contributed by atoms with E-state index in [1.807, 2.05) is 28.4 Å². The minimum atomic E-state index is -0.0709. The molecule has 33 heavy (non-hydrogen) atoms. The largest absolute Gasteiger partial charge is 0.352 e. The van der Waals surface area contributed by atoms with Gasteiger partial charge in [0.2, 0.25) is 0 Å². The van der Waals surface area contributed by atoms with E-state index in [4.69, 9.17) is 21.6 Å². The molecule has 6 nitrogen and oxygen atoms in total. The molecule has 0 saturated carbocycles. The van der Waals surface area contributed by atoms with Gasteiger partial charge in [0.25, 0.3) is 0 Å². The molecule has 2 aliphatic rings. The summed E-state index contributed by atoms with van der Waals surface area (Å²) in [7, 11) is 0. The van der Waals surface area contributed by atoms with Gasteiger partial charge in [-0.15, -0.1) is 11.3 Å². The summed E-state index contributed by atoms with van der Waals surface area (Å²) in [5, 5.41) is 4.90. The van der Waals surface area contributed by atoms with Gasteiger partial charge in [-0.25, -0.2) is 14.8 Å². The summed E-state index contributed by atoms with van der Waals surface area (Å²) in [6.45, 7) is 7.39. The minimum absolute atomic E-state index is 0.0709. The van der Waals surface area contributed by atoms with E-state index in [-0.39, 0.29) is 6.03 Å². The smallest absolute Gasteiger partial charge is 0.321 e. The van der Waals surface area contributed by atoms with Crippen LogP contribution in [-0.4, -0.2) is 47.1 Å². The number of nitrogens with zero attached hydrogens (tertiary/aromatic N) is 4. The molecule has 3 aromatic rings. The number of anilines is 2. The fourth-order valence-electron chi connectivity index (χ4n) is 4.79. The van der Waals surface area contributed by atoms with E-state index in [9.17, 15) is 4.79 Å². The van der Waals surface area contributed by atoms with Gasteiger partial charge in [-0.3, -0.25) is 0 Å². The Balaban J connectivity index is 1.36. The molecular weight excluding hydrogens is 454 g/mol. The summed E-state index contributed by atoms with van der Waals surface area (Å²) in [5.74, 6) is 2.75. The fraction of sp³-hybridized carbons (Fsp3) is 0.480. The van der Waals surface area contributed by atoms with Crippen molar-refractivity contribution in [3.8, 4) is 0 Å². The van der Waals surface area contributed by atoms with Crippen LogP contribution in [0.2, 0.25) is 5.02 Å². The maximum absolute atomic E-state index is 12.8. The van der Waals surface area contributed by atoms with Gasteiger partial charge in [0.15, 0.2) is 0 Å². The van der Waals surface area contributed by atoms with Crippen LogP contribution >= 0.6 is 22.9 Å². The van der Waals surface area contributed by atoms with Crippen LogP contribution in [0, 0.1) is 5.92 Å². The first-order valence-electron chi connectivity index (χ1n) is 11.9. The lowest BCUT2D eigenvalue weighted by Gasteiger charge is -2.36. The standard InChI is InChI=1S/C25H30ClN5OS/c1-3-4-21-28-23(22-19-10-5-16(2)15-20(19)33-24(22)29-21)30-11-13-31(14-12-30)25(32)27-18-8-6-17(26)7-9-18/h6-9,16H,3-5,10-15H2,1-2H3,(H,27,32)/t16-/m1/s1. The molecule has 0 spiro atoms. The maximum atomic E-state index is 12.8. The Hall–Kier alpha value is -2.38. The minimum Gasteiger partial charge on any atom is -0.352 e. The van der Waals surface area contributed by atoms with E-state index < -0.39 is 0 Å². The zero-order valence-electron chi connectivity index (χ0n) is 19.2. The lowest BCUT2D eigenvalue weighted by molar-refractivity contribution is 0.208. The highest BCUT2D eigenvalue weighted by molar-refractivity contribution is 7.19. The average molecular weight is 484 g/mol. The van der Waals surface area contributed by atoms with Crippen LogP contribution in [0.15, 0.2) is 24.3 Å². The number of rotatable bonds is 4. The molecule has 174 valence electrons. The molecule has 0 unspecified atom stereocenters. The van der Waals surface area contributed by atoms with Gasteiger partial charge in [-0.05, 0) is 61.4 Å². The Labute approximate surface area is 204 Å². The number of piperazine rings is 1. The molecule has 1 aliphatic carbocycles. The number of carbonyl (C=O) groups excluding carboxylic acids is 1. The Bertz CT molecular complexity index is 1150. The van der Waals surface area contributed by atoms with Crippen molar-refractivity contribution in [3.63, 3.8) is 0 Å². The van der Waals surface area contributed by atoms with Gasteiger partial charge in [0.05, 0.1) is 5.39 Å². The molecule has 1 fully saturated rings. The van der Waals surface area contributed by atoms with E-state index in [1.165, 1.54) is 22.2 Å². The molecule has 1 N–H and O–H groups in total. The lowest BCUT2D eigenvalue weighted by atomic mass is 9.89. The lowest BCUT2D eigenvalue weighted by Crippen LogP contribution is -2.50. The summed E-state index contributed by atoms with van der Waals surface area (Å²) in [6.07, 6.45) is 5.42. The number of thiophene rings is 1. The SMILES string of the molecule is CCCc1nc(N2CCN(C(=O)Nc3ccc(Cl)cc3)CC2)c2c3c(sc2n1)C[C@H](C)CC3. The van der Waals surface area contributed by atoms with Crippen molar-refractivity contribution < 1.29 is 4.79 Å². The number of nitrogens with one attached hydrogen (secondary N) is 1. The monoisotopic (exact) mass is 483 g/mol. The first kappa shape index (κ1) is 22.4. The van der Waals surface area contributed by atoms with Crippen molar-refractivity contribution in [1.82, 2.24) is 14.9 Å². The van der Waals surface area contributed by atoms with Crippen LogP contribution < -0.4 is 10.2 Å². The number of aryl methyl sites for hydroxylation is 2. The Morgan fingerprint density at radius 2 is 1.94 bits per heavy atom. The first-order valence-corrected chi connectivity index (χ1v) is 13.1. The van der Waals surface area contributed by atoms with Gasteiger partial charge in [-0.2, -0.15) is 0 Å². The molecule has 5 rings (SSSR count). The fourth-order valence-corrected chi connectivity index (χ4v) is 6.31. The van der Waals surface area contributed by atoms with Crippen molar-refractivity contribution in [1.29, 1.82) is 0 Å². The molecular formula is C25H30ClN5OS. The highest BCUT2D eigenvalue weighted by atomic mass is 35.5. The number of fused-ring (bicyclic) bond motifs is 3. The number of amides is 2. The number of urea groups is 1. The van der Waals surface area contributed by atoms with E-state index in [2.05, 4.69) is 24.1 Å². The summed E-state index contributed by atoms with van der Waals surface area (Å²) in [5.41, 5.74) is 2.22. The number of hydrogen-bond acceptors (Lipinski definition) is 5. The molecule has 2 aromatic heterocycles. The van der Waals surface area contributed by atoms with Crippen molar-refractivity contribution in [3.05, 3.63) is 45.6 Å². The normalized spacial score (nSPS) is 18.5. The second kappa shape index (κ2) is 9.47. The number of hydrogen-bond donors (Lipinski definition) is 1. The van der Waals surface area contributed by atoms with Crippen LogP contribution in [0.3, 0.4) is 0 Å². The van der Waals surface area contributed by atoms with Gasteiger partial charge < -0.3 is 15.1 Å². The molecule has 0 radical (unpaired) electrons. The Morgan fingerprint density at radius 1 is 1.18 bits per heavy atom. The van der Waals surface area contributed by atoms with Crippen molar-refractivity contribution >= 4 is 50.7 Å². The van der Waals surface area contributed by atoms with Crippen molar-refractivity contribution in [2.24, 2.45) is 5.92 Å². The predicted octanol–water partition coefficient (Wildman–Crippen LogP) is 5.78. The van der Waals surface area contributed by atoms with Crippen LogP contribution in [0.4, 0.5) is 16.3 Å². The van der Waals surface area contributed by atoms with E-state index in [0.29, 0.717) is 18.1 Å². The molecule has 1 atom stereocenters. The number of carbonyl (C=O) groups is 1. The Morgan fingerprint density at radius 3 is 2.67 bits per heavy atom. The number of benzene rings is 1. The van der Waals surface area contributed by atoms with Gasteiger partial charge in [-0.1, -0.05) is 25.4 Å². The third kappa shape index (κ3) is 4.66. The summed E-state index contributed by atoms with van der Waals surface area (Å²) in [4.78, 5) is 29.6. The van der Waals surface area contributed by atoms with Crippen LogP contribution in [-0.2, 0) is 19.3 Å². The zero-order chi connectivity index (χ0) is 22.9. The van der Waals surface area contributed by atoms with Gasteiger partial charge in [0.1, 0.15) is 16.5 Å². The highest BCUT2D eigenvalue weighted by Crippen LogP contribution is 2.41. The molecule has 3 heterocycles. The van der Waals surface area contributed by atoms with Crippen LogP contribution in [0.25, 0.3) is 10.2 Å². The van der Waals surface area contributed by atoms with Crippen LogP contribution in [0.5, 0.6) is 0 Å². The molecule has 1 saturated heterocycles. The Kier molecular flexibility index (Phi) is 6.43. The van der Waals surface area contributed by atoms with E-state index in [1.54, 1.807) is 12.1 Å². The molecule has 2 amide bonds. The quantitative estimate of drug-likeness (QED) is 0.511. The molecule has 0 bridgehead atoms. The third-order valence-corrected chi connectivity index (χ3v) is 8.02. The number of halogens is 1. The zero-order valence-corrected chi connectivity index (χ0v) is 20.8. The summed E-state index contributed by atoms with van der Waals surface area (Å²) < 4.78 is 0. The number of aromatic nitrogens is 2. The molecule has 8 heteroatoms. The second-order valence-corrected chi connectivity index (χ2v) is 10.7. The molecule has 1 aromatic carbocycles. The van der Waals surface area contributed by atoms with Gasteiger partial charge in [0, 0.05) is 48.2 Å². The topological polar surface area (TPSA) is 61.4 Å². The summed E-state index contributed by atoms with van der Waals surface area (Å²) >= 11 is 7.82. The molecule has 1 aliphatic heterocycles. The predicted molar refractivity (Wildman–Crippen MR) is 137 cm³/mol. The average Bonchev–Trinajstić information content (AvgIpc) is 3.17. The van der Waals surface area contributed by atoms with Crippen LogP contribution in [0.1, 0.15) is 43.0 Å². The maximum Gasteiger partial charge on any atom is 0.321 e. The first-order chi connectivity index (χ1) is 16.0. The van der Waals surface area contributed by atoms with E-state index >= 15 is 0 Å². The van der Waals surface area contributed by atoms with Crippen molar-refractivity contribution in [2.45, 2.75) is 46.0 Å². The third-order valence-electron chi connectivity index (χ3n) is 6.62. The van der Waals surface area contributed by atoms with E-state index in [0.717, 1.165) is 66.9 Å².